The van der Waals surface area contributed by atoms with Gasteiger partial charge in [-0.15, -0.1) is 0 Å². The number of alkyl halides is 2. The normalized spacial score (nSPS) is 11.3. The lowest BCUT2D eigenvalue weighted by atomic mass is 10.1. The van der Waals surface area contributed by atoms with E-state index < -0.39 is 12.3 Å². The molecule has 0 aliphatic carbocycles. The lowest BCUT2D eigenvalue weighted by Crippen LogP contribution is -2.18. The van der Waals surface area contributed by atoms with Gasteiger partial charge in [0.1, 0.15) is 0 Å². The van der Waals surface area contributed by atoms with E-state index in [1.807, 2.05) is 18.2 Å². The minimum absolute atomic E-state index is 0.100. The number of carbonyl (C=O) groups excluding carboxylic acids is 1. The fourth-order valence-corrected chi connectivity index (χ4v) is 3.89. The van der Waals surface area contributed by atoms with Crippen molar-refractivity contribution >= 4 is 33.4 Å². The van der Waals surface area contributed by atoms with E-state index in [-0.39, 0.29) is 16.8 Å². The van der Waals surface area contributed by atoms with E-state index in [0.29, 0.717) is 27.5 Å². The zero-order valence-electron chi connectivity index (χ0n) is 17.7. The van der Waals surface area contributed by atoms with Gasteiger partial charge >= 0.3 is 0 Å². The van der Waals surface area contributed by atoms with Gasteiger partial charge in [-0.2, -0.15) is 5.10 Å². The van der Waals surface area contributed by atoms with Crippen molar-refractivity contribution in [2.75, 3.05) is 5.32 Å². The van der Waals surface area contributed by atoms with Gasteiger partial charge in [0.05, 0.1) is 28.1 Å². The Morgan fingerprint density at radius 1 is 1.09 bits per heavy atom. The summed E-state index contributed by atoms with van der Waals surface area (Å²) in [5.41, 5.74) is 1.45. The number of anilines is 1. The minimum atomic E-state index is -2.82. The smallest absolute Gasteiger partial charge is 0.265 e. The lowest BCUT2D eigenvalue weighted by molar-refractivity contribution is -0.111. The first-order chi connectivity index (χ1) is 16.5. The highest BCUT2D eigenvalue weighted by Crippen LogP contribution is 2.31. The molecule has 0 radical (unpaired) electrons. The number of pyridine rings is 2. The Balaban J connectivity index is 1.81. The second kappa shape index (κ2) is 8.36. The molecule has 1 N–H and O–H groups in total. The fraction of sp³-hybridized carbons (Fsp3) is 0.0400. The molecular weight excluding hydrogens is 440 g/mol. The third kappa shape index (κ3) is 3.62. The Morgan fingerprint density at radius 3 is 2.65 bits per heavy atom. The number of carbonyl (C=O) groups is 1. The number of nitrogens with zero attached hydrogens (tertiary/aromatic N) is 4. The van der Waals surface area contributed by atoms with Gasteiger partial charge in [0.2, 0.25) is 5.91 Å². The van der Waals surface area contributed by atoms with Crippen LogP contribution in [0.4, 0.5) is 14.5 Å². The van der Waals surface area contributed by atoms with Crippen molar-refractivity contribution in [3.8, 4) is 11.4 Å². The van der Waals surface area contributed by atoms with Crippen LogP contribution in [0.1, 0.15) is 12.0 Å². The summed E-state index contributed by atoms with van der Waals surface area (Å²) in [5, 5.41) is 8.02. The van der Waals surface area contributed by atoms with Gasteiger partial charge in [-0.05, 0) is 54.6 Å². The SMILES string of the molecule is C=CC(=O)Nc1cc(-n2c(=O)ccc3cnc4ccc(-n5cccn5)cc4c32)ccc1C(F)F. The number of amides is 1. The fourth-order valence-electron chi connectivity index (χ4n) is 3.89. The zero-order chi connectivity index (χ0) is 23.8. The Labute approximate surface area is 191 Å². The predicted molar refractivity (Wildman–Crippen MR) is 126 cm³/mol. The van der Waals surface area contributed by atoms with E-state index in [4.69, 9.17) is 0 Å². The Hall–Kier alpha value is -4.66. The third-order valence-electron chi connectivity index (χ3n) is 5.44. The van der Waals surface area contributed by atoms with Crippen molar-refractivity contribution in [3.05, 3.63) is 102 Å². The lowest BCUT2D eigenvalue weighted by Gasteiger charge is -2.16. The van der Waals surface area contributed by atoms with Crippen LogP contribution in [0.25, 0.3) is 33.2 Å². The van der Waals surface area contributed by atoms with Crippen LogP contribution in [0.3, 0.4) is 0 Å². The minimum Gasteiger partial charge on any atom is -0.322 e. The van der Waals surface area contributed by atoms with Crippen LogP contribution in [-0.4, -0.2) is 25.2 Å². The molecule has 1 amide bonds. The van der Waals surface area contributed by atoms with Crippen LogP contribution < -0.4 is 10.9 Å². The molecule has 0 aliphatic rings. The Morgan fingerprint density at radius 2 is 1.91 bits per heavy atom. The largest absolute Gasteiger partial charge is 0.322 e. The number of nitrogens with one attached hydrogen (secondary N) is 1. The second-order valence-corrected chi connectivity index (χ2v) is 7.49. The molecule has 0 saturated heterocycles. The highest BCUT2D eigenvalue weighted by Gasteiger charge is 2.17. The molecule has 9 heteroatoms. The standard InChI is InChI=1S/C25H17F2N5O2/c1-2-22(33)30-21-13-17(5-7-18(21)25(26)27)32-23(34)9-4-15-14-28-20-8-6-16(12-19(20)24(15)32)31-11-3-10-29-31/h2-14,25H,1H2,(H,30,33). The topological polar surface area (TPSA) is 81.8 Å². The maximum absolute atomic E-state index is 13.6. The third-order valence-corrected chi connectivity index (χ3v) is 5.44. The molecule has 34 heavy (non-hydrogen) atoms. The molecule has 2 aromatic carbocycles. The molecule has 5 rings (SSSR count). The highest BCUT2D eigenvalue weighted by atomic mass is 19.3. The second-order valence-electron chi connectivity index (χ2n) is 7.49. The molecule has 0 unspecified atom stereocenters. The number of hydrogen-bond donors (Lipinski definition) is 1. The summed E-state index contributed by atoms with van der Waals surface area (Å²) in [5.74, 6) is -0.636. The Bertz CT molecular complexity index is 1620. The van der Waals surface area contributed by atoms with Crippen molar-refractivity contribution in [2.45, 2.75) is 6.43 Å². The maximum atomic E-state index is 13.6. The van der Waals surface area contributed by atoms with Crippen molar-refractivity contribution in [1.29, 1.82) is 0 Å². The van der Waals surface area contributed by atoms with E-state index in [1.165, 1.54) is 28.8 Å². The molecule has 0 saturated carbocycles. The van der Waals surface area contributed by atoms with Crippen molar-refractivity contribution in [1.82, 2.24) is 19.3 Å². The summed E-state index contributed by atoms with van der Waals surface area (Å²) < 4.78 is 30.3. The molecule has 3 heterocycles. The maximum Gasteiger partial charge on any atom is 0.265 e. The van der Waals surface area contributed by atoms with Gasteiger partial charge in [-0.3, -0.25) is 19.1 Å². The highest BCUT2D eigenvalue weighted by molar-refractivity contribution is 6.05. The van der Waals surface area contributed by atoms with Gasteiger partial charge in [-0.25, -0.2) is 13.5 Å². The van der Waals surface area contributed by atoms with Crippen molar-refractivity contribution in [2.24, 2.45) is 0 Å². The molecule has 7 nitrogen and oxygen atoms in total. The quantitative estimate of drug-likeness (QED) is 0.304. The van der Waals surface area contributed by atoms with Crippen LogP contribution in [0.5, 0.6) is 0 Å². The van der Waals surface area contributed by atoms with E-state index in [1.54, 1.807) is 35.4 Å². The first-order valence-corrected chi connectivity index (χ1v) is 10.3. The number of rotatable bonds is 5. The van der Waals surface area contributed by atoms with E-state index in [9.17, 15) is 18.4 Å². The monoisotopic (exact) mass is 457 g/mol. The van der Waals surface area contributed by atoms with Gasteiger partial charge < -0.3 is 5.32 Å². The van der Waals surface area contributed by atoms with E-state index >= 15 is 0 Å². The van der Waals surface area contributed by atoms with Crippen LogP contribution in [0.15, 0.2) is 90.6 Å². The molecule has 0 fully saturated rings. The van der Waals surface area contributed by atoms with Crippen LogP contribution >= 0.6 is 0 Å². The molecule has 168 valence electrons. The van der Waals surface area contributed by atoms with E-state index in [2.05, 4.69) is 22.0 Å². The molecule has 0 bridgehead atoms. The number of hydrogen-bond acceptors (Lipinski definition) is 4. The number of benzene rings is 2. The van der Waals surface area contributed by atoms with Crippen LogP contribution in [0, 0.1) is 0 Å². The summed E-state index contributed by atoms with van der Waals surface area (Å²) in [6.45, 7) is 3.36. The van der Waals surface area contributed by atoms with E-state index in [0.717, 1.165) is 11.8 Å². The van der Waals surface area contributed by atoms with Crippen molar-refractivity contribution in [3.63, 3.8) is 0 Å². The van der Waals surface area contributed by atoms with Crippen LogP contribution in [0.2, 0.25) is 0 Å². The average Bonchev–Trinajstić information content (AvgIpc) is 3.38. The zero-order valence-corrected chi connectivity index (χ0v) is 17.7. The van der Waals surface area contributed by atoms with Gasteiger partial charge in [0.25, 0.3) is 12.0 Å². The number of aromatic nitrogens is 4. The number of fused-ring (bicyclic) bond motifs is 3. The molecule has 0 aliphatic heterocycles. The summed E-state index contributed by atoms with van der Waals surface area (Å²) in [6.07, 6.45) is 3.27. The average molecular weight is 457 g/mol. The predicted octanol–water partition coefficient (Wildman–Crippen LogP) is 4.79. The summed E-state index contributed by atoms with van der Waals surface area (Å²) in [4.78, 5) is 29.4. The van der Waals surface area contributed by atoms with Crippen molar-refractivity contribution < 1.29 is 13.6 Å². The first kappa shape index (κ1) is 21.2. The molecular formula is C25H17F2N5O2. The Kier molecular flexibility index (Phi) is 5.21. The summed E-state index contributed by atoms with van der Waals surface area (Å²) in [7, 11) is 0. The summed E-state index contributed by atoms with van der Waals surface area (Å²) >= 11 is 0. The summed E-state index contributed by atoms with van der Waals surface area (Å²) in [6, 6.07) is 14.4. The van der Waals surface area contributed by atoms with Crippen LogP contribution in [-0.2, 0) is 4.79 Å². The molecule has 0 spiro atoms. The molecule has 0 atom stereocenters. The van der Waals surface area contributed by atoms with Gasteiger partial charge in [0.15, 0.2) is 0 Å². The molecule has 5 aromatic rings. The number of halogens is 2. The van der Waals surface area contributed by atoms with Gasteiger partial charge in [0, 0.05) is 41.0 Å². The molecule has 3 aromatic heterocycles. The first-order valence-electron chi connectivity index (χ1n) is 10.3. The van der Waals surface area contributed by atoms with Gasteiger partial charge in [-0.1, -0.05) is 6.58 Å².